The Labute approximate surface area is 171 Å². The van der Waals surface area contributed by atoms with E-state index in [4.69, 9.17) is 12.2 Å². The van der Waals surface area contributed by atoms with Gasteiger partial charge in [0.15, 0.2) is 10.6 Å². The molecule has 2 heterocycles. The number of H-pyrrole nitrogens is 1. The van der Waals surface area contributed by atoms with Crippen molar-refractivity contribution in [2.75, 3.05) is 6.54 Å². The SMILES string of the molecule is O=C(CN1C(=O)NC2(CCc3ccccc32)C1=O)NCc1n[nH]c(=S)n1C1CC1. The van der Waals surface area contributed by atoms with Crippen LogP contribution in [-0.2, 0) is 28.1 Å². The number of hydrogen-bond acceptors (Lipinski definition) is 5. The first-order valence-electron chi connectivity index (χ1n) is 9.64. The predicted molar refractivity (Wildman–Crippen MR) is 104 cm³/mol. The fraction of sp³-hybridized carbons (Fsp3) is 0.421. The van der Waals surface area contributed by atoms with Crippen molar-refractivity contribution in [2.45, 2.75) is 43.8 Å². The van der Waals surface area contributed by atoms with E-state index >= 15 is 0 Å². The standard InChI is InChI=1S/C19H20N6O3S/c26-15(20-9-14-22-23-18(29)25(14)12-5-6-12)10-24-16(27)19(21-17(24)28)8-7-11-3-1-2-4-13(11)19/h1-4,12H,5-10H2,(H,20,26)(H,21,28)(H,23,29). The first kappa shape index (κ1) is 18.0. The average molecular weight is 412 g/mol. The molecule has 1 aliphatic heterocycles. The van der Waals surface area contributed by atoms with Crippen molar-refractivity contribution in [3.05, 3.63) is 46.0 Å². The van der Waals surface area contributed by atoms with Gasteiger partial charge in [0, 0.05) is 6.04 Å². The highest BCUT2D eigenvalue weighted by Gasteiger charge is 2.55. The number of aromatic nitrogens is 3. The van der Waals surface area contributed by atoms with Gasteiger partial charge in [0.2, 0.25) is 5.91 Å². The first-order chi connectivity index (χ1) is 14.0. The van der Waals surface area contributed by atoms with Gasteiger partial charge in [-0.25, -0.2) is 4.79 Å². The van der Waals surface area contributed by atoms with E-state index in [2.05, 4.69) is 20.8 Å². The van der Waals surface area contributed by atoms with Gasteiger partial charge in [-0.1, -0.05) is 24.3 Å². The molecule has 4 amide bonds. The van der Waals surface area contributed by atoms with E-state index in [1.807, 2.05) is 28.8 Å². The summed E-state index contributed by atoms with van der Waals surface area (Å²) in [5.74, 6) is -0.152. The van der Waals surface area contributed by atoms with E-state index in [0.29, 0.717) is 29.5 Å². The highest BCUT2D eigenvalue weighted by atomic mass is 32.1. The van der Waals surface area contributed by atoms with Crippen LogP contribution in [0.2, 0.25) is 0 Å². The van der Waals surface area contributed by atoms with Gasteiger partial charge in [-0.3, -0.25) is 24.2 Å². The van der Waals surface area contributed by atoms with Crippen LogP contribution in [0.4, 0.5) is 4.79 Å². The zero-order valence-corrected chi connectivity index (χ0v) is 16.4. The van der Waals surface area contributed by atoms with Crippen molar-refractivity contribution in [3.8, 4) is 0 Å². The summed E-state index contributed by atoms with van der Waals surface area (Å²) in [6, 6.07) is 7.40. The summed E-state index contributed by atoms with van der Waals surface area (Å²) < 4.78 is 2.45. The van der Waals surface area contributed by atoms with Crippen molar-refractivity contribution in [1.82, 2.24) is 30.3 Å². The number of benzene rings is 1. The molecule has 1 spiro atoms. The molecule has 1 aromatic heterocycles. The zero-order chi connectivity index (χ0) is 20.2. The van der Waals surface area contributed by atoms with Crippen molar-refractivity contribution < 1.29 is 14.4 Å². The molecular weight excluding hydrogens is 392 g/mol. The van der Waals surface area contributed by atoms with E-state index in [1.54, 1.807) is 0 Å². The molecule has 1 atom stereocenters. The molecule has 0 radical (unpaired) electrons. The Kier molecular flexibility index (Phi) is 4.05. The van der Waals surface area contributed by atoms with Crippen LogP contribution in [-0.4, -0.2) is 44.1 Å². The molecule has 150 valence electrons. The van der Waals surface area contributed by atoms with E-state index < -0.39 is 17.5 Å². The lowest BCUT2D eigenvalue weighted by atomic mass is 9.92. The largest absolute Gasteiger partial charge is 0.347 e. The topological polar surface area (TPSA) is 112 Å². The van der Waals surface area contributed by atoms with Gasteiger partial charge >= 0.3 is 6.03 Å². The number of rotatable bonds is 5. The van der Waals surface area contributed by atoms with Gasteiger partial charge in [-0.2, -0.15) is 5.10 Å². The van der Waals surface area contributed by atoms with Crippen molar-refractivity contribution in [2.24, 2.45) is 0 Å². The maximum Gasteiger partial charge on any atom is 0.325 e. The van der Waals surface area contributed by atoms with Crippen molar-refractivity contribution in [1.29, 1.82) is 0 Å². The predicted octanol–water partition coefficient (Wildman–Crippen LogP) is 1.29. The molecule has 5 rings (SSSR count). The first-order valence-corrected chi connectivity index (χ1v) is 10.1. The van der Waals surface area contributed by atoms with Crippen LogP contribution >= 0.6 is 12.2 Å². The van der Waals surface area contributed by atoms with E-state index in [0.717, 1.165) is 28.9 Å². The third-order valence-corrected chi connectivity index (χ3v) is 6.15. The van der Waals surface area contributed by atoms with Gasteiger partial charge in [-0.15, -0.1) is 0 Å². The zero-order valence-electron chi connectivity index (χ0n) is 15.6. The number of hydrogen-bond donors (Lipinski definition) is 3. The van der Waals surface area contributed by atoms with Crippen LogP contribution in [0, 0.1) is 4.77 Å². The van der Waals surface area contributed by atoms with E-state index in [-0.39, 0.29) is 19.0 Å². The minimum absolute atomic E-state index is 0.181. The Bertz CT molecular complexity index is 1090. The van der Waals surface area contributed by atoms with Crippen LogP contribution in [0.15, 0.2) is 24.3 Å². The number of aromatic amines is 1. The van der Waals surface area contributed by atoms with Gasteiger partial charge in [0.25, 0.3) is 5.91 Å². The third-order valence-electron chi connectivity index (χ3n) is 5.86. The second-order valence-corrected chi connectivity index (χ2v) is 8.09. The van der Waals surface area contributed by atoms with Gasteiger partial charge in [-0.05, 0) is 49.0 Å². The molecule has 2 aliphatic carbocycles. The molecule has 1 unspecified atom stereocenters. The molecule has 0 bridgehead atoms. The average Bonchev–Trinajstić information content (AvgIpc) is 3.32. The van der Waals surface area contributed by atoms with Gasteiger partial charge in [0.1, 0.15) is 12.1 Å². The summed E-state index contributed by atoms with van der Waals surface area (Å²) in [5, 5.41) is 12.5. The number of nitrogens with zero attached hydrogens (tertiary/aromatic N) is 3. The lowest BCUT2D eigenvalue weighted by molar-refractivity contribution is -0.135. The smallest absolute Gasteiger partial charge is 0.325 e. The molecular formula is C19H20N6O3S. The molecule has 2 aromatic rings. The van der Waals surface area contributed by atoms with E-state index in [9.17, 15) is 14.4 Å². The van der Waals surface area contributed by atoms with E-state index in [1.165, 1.54) is 0 Å². The molecule has 9 nitrogen and oxygen atoms in total. The number of carbonyl (C=O) groups excluding carboxylic acids is 3. The normalized spacial score (nSPS) is 22.8. The minimum Gasteiger partial charge on any atom is -0.347 e. The number of carbonyl (C=O) groups is 3. The number of nitrogens with one attached hydrogen (secondary N) is 3. The molecule has 1 saturated heterocycles. The van der Waals surface area contributed by atoms with Crippen LogP contribution < -0.4 is 10.6 Å². The van der Waals surface area contributed by atoms with Crippen LogP contribution in [0.1, 0.15) is 42.3 Å². The Morgan fingerprint density at radius 2 is 2.10 bits per heavy atom. The lowest BCUT2D eigenvalue weighted by Crippen LogP contribution is -2.43. The fourth-order valence-corrected chi connectivity index (χ4v) is 4.58. The van der Waals surface area contributed by atoms with Crippen molar-refractivity contribution in [3.63, 3.8) is 0 Å². The quantitative estimate of drug-likeness (QED) is 0.506. The Hall–Kier alpha value is -3.01. The summed E-state index contributed by atoms with van der Waals surface area (Å²) in [6.45, 7) is -0.150. The Morgan fingerprint density at radius 1 is 1.31 bits per heavy atom. The number of fused-ring (bicyclic) bond motifs is 2. The number of aryl methyl sites for hydroxylation is 1. The molecule has 29 heavy (non-hydrogen) atoms. The molecule has 2 fully saturated rings. The number of imide groups is 1. The van der Waals surface area contributed by atoms with Crippen LogP contribution in [0.5, 0.6) is 0 Å². The highest BCUT2D eigenvalue weighted by molar-refractivity contribution is 7.71. The minimum atomic E-state index is -1.05. The van der Waals surface area contributed by atoms with Gasteiger partial charge in [0.05, 0.1) is 6.54 Å². The number of urea groups is 1. The molecule has 3 N–H and O–H groups in total. The van der Waals surface area contributed by atoms with Crippen molar-refractivity contribution >= 4 is 30.1 Å². The van der Waals surface area contributed by atoms with Gasteiger partial charge < -0.3 is 10.6 Å². The second-order valence-electron chi connectivity index (χ2n) is 7.71. The Balaban J connectivity index is 1.28. The summed E-state index contributed by atoms with van der Waals surface area (Å²) in [4.78, 5) is 39.0. The molecule has 1 aromatic carbocycles. The summed E-state index contributed by atoms with van der Waals surface area (Å²) in [7, 11) is 0. The fourth-order valence-electron chi connectivity index (χ4n) is 4.28. The highest BCUT2D eigenvalue weighted by Crippen LogP contribution is 2.41. The monoisotopic (exact) mass is 412 g/mol. The second kappa shape index (κ2) is 6.51. The molecule has 10 heteroatoms. The van der Waals surface area contributed by atoms with Crippen LogP contribution in [0.3, 0.4) is 0 Å². The maximum absolute atomic E-state index is 13.1. The number of amides is 4. The molecule has 3 aliphatic rings. The summed E-state index contributed by atoms with van der Waals surface area (Å²) >= 11 is 5.23. The summed E-state index contributed by atoms with van der Waals surface area (Å²) in [6.07, 6.45) is 3.30. The lowest BCUT2D eigenvalue weighted by Gasteiger charge is -2.22. The maximum atomic E-state index is 13.1. The third kappa shape index (κ3) is 2.86. The Morgan fingerprint density at radius 3 is 2.90 bits per heavy atom. The summed E-state index contributed by atoms with van der Waals surface area (Å²) in [5.41, 5.74) is 0.819. The molecule has 1 saturated carbocycles. The van der Waals surface area contributed by atoms with Crippen LogP contribution in [0.25, 0.3) is 0 Å².